The lowest BCUT2D eigenvalue weighted by atomic mass is 10.00. The van der Waals surface area contributed by atoms with Crippen LogP contribution in [0.25, 0.3) is 16.9 Å². The Bertz CT molecular complexity index is 2050. The number of carboxylic acids is 2. The largest absolute Gasteiger partial charge is 0.698 e. The van der Waals surface area contributed by atoms with Crippen molar-refractivity contribution in [1.29, 1.82) is 5.26 Å². The molecule has 52 heavy (non-hydrogen) atoms. The molecule has 0 bridgehead atoms. The van der Waals surface area contributed by atoms with E-state index in [1.165, 1.54) is 48.9 Å². The van der Waals surface area contributed by atoms with Gasteiger partial charge in [-0.25, -0.2) is 9.59 Å². The summed E-state index contributed by atoms with van der Waals surface area (Å²) in [7, 11) is 0. The lowest BCUT2D eigenvalue weighted by molar-refractivity contribution is -0.137. The summed E-state index contributed by atoms with van der Waals surface area (Å²) < 4.78 is 82.9. The Labute approximate surface area is 289 Å². The standard InChI is InChI=1S/C12H8N2O3.C9H9F3N2O.C7H6F3N2.C5H4O3/c13-6-7-5-8(14)1-2-9(7)10-3-4-17-11(10)12(15)16;1-5(15)14-8-3-2-6(13)4-7(8)9(10,11)12;8-7(9,10)5-3-4(11)1-2-6(5)12;6-5(7)4-2-1-3-8-4/h1-5H,14H2,(H,15,16);2-4H,13H2,1H3,(H,14,15);1-3,12H,11H2;1-3H,(H,6,7)/q;;-1;. The number of rotatable bonds is 4. The van der Waals surface area contributed by atoms with Crippen LogP contribution in [0.2, 0.25) is 0 Å². The average molecular weight is 734 g/mol. The number of nitrogens with one attached hydrogen (secondary N) is 2. The molecule has 0 fully saturated rings. The van der Waals surface area contributed by atoms with Crippen LogP contribution in [0.1, 0.15) is 44.7 Å². The zero-order chi connectivity index (χ0) is 39.4. The molecule has 10 N–H and O–H groups in total. The van der Waals surface area contributed by atoms with Gasteiger partial charge in [0.05, 0.1) is 35.4 Å². The van der Waals surface area contributed by atoms with Crippen molar-refractivity contribution < 1.29 is 59.8 Å². The first-order valence-electron chi connectivity index (χ1n) is 14.0. The van der Waals surface area contributed by atoms with Crippen LogP contribution in [0.3, 0.4) is 0 Å². The van der Waals surface area contributed by atoms with E-state index >= 15 is 0 Å². The third-order valence-corrected chi connectivity index (χ3v) is 6.05. The van der Waals surface area contributed by atoms with Gasteiger partial charge in [0.15, 0.2) is 0 Å². The molecule has 0 saturated heterocycles. The predicted molar refractivity (Wildman–Crippen MR) is 176 cm³/mol. The first-order chi connectivity index (χ1) is 24.1. The fourth-order valence-electron chi connectivity index (χ4n) is 3.87. The molecule has 274 valence electrons. The summed E-state index contributed by atoms with van der Waals surface area (Å²) in [6.45, 7) is 1.14. The fourth-order valence-corrected chi connectivity index (χ4v) is 3.87. The van der Waals surface area contributed by atoms with E-state index in [1.54, 1.807) is 12.1 Å². The molecule has 19 heteroatoms. The molecule has 3 aromatic carbocycles. The van der Waals surface area contributed by atoms with Crippen molar-refractivity contribution in [2.75, 3.05) is 22.5 Å². The van der Waals surface area contributed by atoms with Crippen LogP contribution >= 0.6 is 0 Å². The smallest absolute Gasteiger partial charge is 0.418 e. The van der Waals surface area contributed by atoms with Crippen molar-refractivity contribution >= 4 is 46.3 Å². The molecule has 0 unspecified atom stereocenters. The summed E-state index contributed by atoms with van der Waals surface area (Å²) in [4.78, 5) is 31.6. The number of anilines is 4. The van der Waals surface area contributed by atoms with E-state index in [0.29, 0.717) is 22.4 Å². The Morgan fingerprint density at radius 2 is 1.31 bits per heavy atom. The highest BCUT2D eigenvalue weighted by Gasteiger charge is 2.34. The van der Waals surface area contributed by atoms with Crippen LogP contribution in [0.4, 0.5) is 54.8 Å². The molecular weight excluding hydrogens is 706 g/mol. The summed E-state index contributed by atoms with van der Waals surface area (Å²) in [5.74, 6) is -2.98. The zero-order valence-corrected chi connectivity index (χ0v) is 26.5. The third kappa shape index (κ3) is 12.1. The van der Waals surface area contributed by atoms with Crippen molar-refractivity contribution in [3.63, 3.8) is 0 Å². The number of furan rings is 2. The van der Waals surface area contributed by atoms with Gasteiger partial charge in [0.2, 0.25) is 17.4 Å². The van der Waals surface area contributed by atoms with E-state index in [-0.39, 0.29) is 28.6 Å². The van der Waals surface area contributed by atoms with Crippen LogP contribution < -0.4 is 22.5 Å². The monoisotopic (exact) mass is 733 g/mol. The maximum atomic E-state index is 12.5. The van der Waals surface area contributed by atoms with Crippen molar-refractivity contribution in [2.45, 2.75) is 19.3 Å². The first kappa shape index (κ1) is 41.1. The van der Waals surface area contributed by atoms with Gasteiger partial charge in [0.25, 0.3) is 0 Å². The van der Waals surface area contributed by atoms with E-state index < -0.39 is 47.0 Å². The van der Waals surface area contributed by atoms with Gasteiger partial charge < -0.3 is 47.3 Å². The molecule has 5 aromatic rings. The summed E-state index contributed by atoms with van der Waals surface area (Å²) in [6, 6.07) is 17.4. The average Bonchev–Trinajstić information content (AvgIpc) is 3.76. The molecular formula is C33H27F6N6O7-. The summed E-state index contributed by atoms with van der Waals surface area (Å²) in [5.41, 5.74) is 21.7. The first-order valence-corrected chi connectivity index (χ1v) is 14.0. The van der Waals surface area contributed by atoms with Crippen LogP contribution in [0.5, 0.6) is 0 Å². The van der Waals surface area contributed by atoms with Crippen molar-refractivity contribution in [1.82, 2.24) is 0 Å². The number of nitriles is 1. The number of nitrogen functional groups attached to an aromatic ring is 3. The molecule has 0 aliphatic carbocycles. The van der Waals surface area contributed by atoms with Crippen LogP contribution in [-0.4, -0.2) is 28.1 Å². The van der Waals surface area contributed by atoms with Gasteiger partial charge in [-0.3, -0.25) is 4.79 Å². The second kappa shape index (κ2) is 17.5. The second-order valence-corrected chi connectivity index (χ2v) is 9.95. The second-order valence-electron chi connectivity index (χ2n) is 9.95. The molecule has 0 aliphatic rings. The number of alkyl halides is 6. The zero-order valence-electron chi connectivity index (χ0n) is 26.5. The van der Waals surface area contributed by atoms with E-state index in [2.05, 4.69) is 9.73 Å². The number of amides is 1. The van der Waals surface area contributed by atoms with Gasteiger partial charge in [-0.2, -0.15) is 31.6 Å². The highest BCUT2D eigenvalue weighted by Crippen LogP contribution is 2.37. The number of aromatic carboxylic acids is 2. The number of carbonyl (C=O) groups excluding carboxylic acids is 1. The maximum absolute atomic E-state index is 12.5. The van der Waals surface area contributed by atoms with Crippen LogP contribution in [0.15, 0.2) is 94.2 Å². The number of carbonyl (C=O) groups is 3. The van der Waals surface area contributed by atoms with E-state index in [4.69, 9.17) is 42.8 Å². The van der Waals surface area contributed by atoms with Gasteiger partial charge in [0, 0.05) is 40.7 Å². The SMILES string of the molecule is CC(=O)Nc1ccc(N)cc1C(F)(F)F.N#Cc1cc(N)ccc1-c1ccoc1C(=O)O.O=C(O)c1ccco1.[NH-]c1ccc(N)cc1C(F)(F)F. The number of nitrogens with two attached hydrogens (primary N) is 3. The van der Waals surface area contributed by atoms with Gasteiger partial charge >= 0.3 is 24.3 Å². The minimum atomic E-state index is -4.53. The highest BCUT2D eigenvalue weighted by molar-refractivity contribution is 5.94. The Morgan fingerprint density at radius 3 is 1.77 bits per heavy atom. The normalized spacial score (nSPS) is 10.5. The van der Waals surface area contributed by atoms with Gasteiger partial charge in [-0.15, -0.1) is 5.69 Å². The molecule has 0 saturated carbocycles. The van der Waals surface area contributed by atoms with Crippen LogP contribution in [0, 0.1) is 11.3 Å². The minimum absolute atomic E-state index is 0.00331. The van der Waals surface area contributed by atoms with Gasteiger partial charge in [-0.1, -0.05) is 12.1 Å². The number of hydrogen-bond donors (Lipinski definition) is 6. The Balaban J connectivity index is 0.000000248. The van der Waals surface area contributed by atoms with Crippen molar-refractivity contribution in [3.05, 3.63) is 119 Å². The number of nitrogens with zero attached hydrogens (tertiary/aromatic N) is 1. The molecule has 1 amide bonds. The Hall–Kier alpha value is -7.10. The number of benzene rings is 3. The van der Waals surface area contributed by atoms with E-state index in [0.717, 1.165) is 31.2 Å². The maximum Gasteiger partial charge on any atom is 0.418 e. The van der Waals surface area contributed by atoms with Crippen molar-refractivity contribution in [3.8, 4) is 17.2 Å². The summed E-state index contributed by atoms with van der Waals surface area (Å²) in [6.07, 6.45) is -6.43. The predicted octanol–water partition coefficient (Wildman–Crippen LogP) is 8.29. The fraction of sp³-hybridized carbons (Fsp3) is 0.0909. The molecule has 0 aliphatic heterocycles. The number of halogens is 6. The molecule has 2 heterocycles. The Kier molecular flexibility index (Phi) is 13.8. The summed E-state index contributed by atoms with van der Waals surface area (Å²) >= 11 is 0. The third-order valence-electron chi connectivity index (χ3n) is 6.05. The molecule has 0 spiro atoms. The molecule has 5 rings (SSSR count). The van der Waals surface area contributed by atoms with E-state index in [9.17, 15) is 40.7 Å². The van der Waals surface area contributed by atoms with Gasteiger partial charge in [-0.05, 0) is 60.7 Å². The number of hydrogen-bond acceptors (Lipinski definition) is 9. The number of carboxylic acid groups (broad SMARTS) is 2. The lowest BCUT2D eigenvalue weighted by Gasteiger charge is -2.15. The summed E-state index contributed by atoms with van der Waals surface area (Å²) in [5, 5.41) is 28.2. The molecule has 0 atom stereocenters. The molecule has 13 nitrogen and oxygen atoms in total. The lowest BCUT2D eigenvalue weighted by Crippen LogP contribution is -2.14. The quantitative estimate of drug-likeness (QED) is 0.0756. The van der Waals surface area contributed by atoms with Crippen LogP contribution in [-0.2, 0) is 17.1 Å². The van der Waals surface area contributed by atoms with E-state index in [1.807, 2.05) is 6.07 Å². The Morgan fingerprint density at radius 1 is 0.750 bits per heavy atom. The van der Waals surface area contributed by atoms with Gasteiger partial charge in [0.1, 0.15) is 0 Å². The highest BCUT2D eigenvalue weighted by atomic mass is 19.4. The van der Waals surface area contributed by atoms with Crippen molar-refractivity contribution in [2.24, 2.45) is 0 Å². The molecule has 2 aromatic heterocycles. The molecule has 0 radical (unpaired) electrons. The topological polar surface area (TPSA) is 256 Å². The minimum Gasteiger partial charge on any atom is -0.698 e.